The van der Waals surface area contributed by atoms with Gasteiger partial charge in [0.15, 0.2) is 4.98 Å². The van der Waals surface area contributed by atoms with Crippen molar-refractivity contribution in [3.8, 4) is 0 Å². The molecule has 0 radical (unpaired) electrons. The molecule has 1 heterocycles. The number of aliphatic hydroxyl groups excluding tert-OH is 1. The average molecular weight is 139 g/mol. The van der Waals surface area contributed by atoms with E-state index in [2.05, 4.69) is 10.3 Å². The van der Waals surface area contributed by atoms with Crippen LogP contribution in [0.5, 0.6) is 0 Å². The Morgan fingerprint density at radius 2 is 2.50 bits per heavy atom. The molecule has 1 rings (SSSR count). The molecule has 1 aliphatic rings. The highest BCUT2D eigenvalue weighted by atomic mass is 16.3. The van der Waals surface area contributed by atoms with Crippen molar-refractivity contribution in [3.05, 3.63) is 29.1 Å². The molecule has 0 bridgehead atoms. The van der Waals surface area contributed by atoms with Crippen molar-refractivity contribution in [3.63, 3.8) is 0 Å². The molecule has 0 spiro atoms. The summed E-state index contributed by atoms with van der Waals surface area (Å²) in [6.07, 6.45) is 3.98. The molecule has 0 aromatic heterocycles. The van der Waals surface area contributed by atoms with E-state index in [1.807, 2.05) is 0 Å². The maximum Gasteiger partial charge on any atom is 0.476 e. The third-order valence-corrected chi connectivity index (χ3v) is 1.10. The van der Waals surface area contributed by atoms with Crippen LogP contribution in [0.15, 0.2) is 24.1 Å². The molecule has 0 aromatic rings. The quantitative estimate of drug-likeness (QED) is 0.412. The third kappa shape index (κ3) is 1.06. The molecule has 4 N–H and O–H groups in total. The molecule has 5 heteroatoms. The van der Waals surface area contributed by atoms with E-state index in [9.17, 15) is 0 Å². The van der Waals surface area contributed by atoms with Crippen molar-refractivity contribution >= 4 is 0 Å². The lowest BCUT2D eigenvalue weighted by atomic mass is 10.2. The second-order valence-electron chi connectivity index (χ2n) is 1.97. The van der Waals surface area contributed by atoms with Gasteiger partial charge in [-0.3, -0.25) is 5.32 Å². The Morgan fingerprint density at radius 3 is 2.90 bits per heavy atom. The molecule has 0 saturated heterocycles. The summed E-state index contributed by atoms with van der Waals surface area (Å²) in [5.41, 5.74) is 5.33. The van der Waals surface area contributed by atoms with Crippen molar-refractivity contribution in [1.82, 2.24) is 5.32 Å². The molecule has 0 saturated carbocycles. The van der Waals surface area contributed by atoms with Crippen molar-refractivity contribution in [2.24, 2.45) is 5.73 Å². The fourth-order valence-corrected chi connectivity index (χ4v) is 0.634. The van der Waals surface area contributed by atoms with E-state index >= 15 is 0 Å². The van der Waals surface area contributed by atoms with E-state index in [4.69, 9.17) is 16.2 Å². The number of dihydropyridines is 1. The number of rotatable bonds is 0. The minimum Gasteiger partial charge on any atom is -0.508 e. The normalized spacial score (nSPS) is 30.2. The van der Waals surface area contributed by atoms with Crippen LogP contribution < -0.4 is 11.1 Å². The van der Waals surface area contributed by atoms with E-state index in [1.54, 1.807) is 0 Å². The number of nitrogens with two attached hydrogens (primary N) is 1. The zero-order valence-corrected chi connectivity index (χ0v) is 5.15. The van der Waals surface area contributed by atoms with Crippen LogP contribution >= 0.6 is 0 Å². The third-order valence-electron chi connectivity index (χ3n) is 1.10. The molecule has 0 aliphatic carbocycles. The second kappa shape index (κ2) is 2.01. The first-order chi connectivity index (χ1) is 4.66. The van der Waals surface area contributed by atoms with Gasteiger partial charge in [0.25, 0.3) is 0 Å². The standard InChI is InChI=1S/C5H6N4O/c6-5(9-7)3-4(10)1-2-8-5/h1-3,8H,6H2/p+1. The van der Waals surface area contributed by atoms with Crippen molar-refractivity contribution in [2.45, 2.75) is 5.79 Å². The van der Waals surface area contributed by atoms with E-state index in [-0.39, 0.29) is 5.76 Å². The molecule has 10 heavy (non-hydrogen) atoms. The summed E-state index contributed by atoms with van der Waals surface area (Å²) in [6.45, 7) is 0. The SMILES string of the molecule is N#[N+]C1(N)C=C(O)C=CN1. The van der Waals surface area contributed by atoms with E-state index < -0.39 is 5.79 Å². The molecule has 0 aromatic carbocycles. The van der Waals surface area contributed by atoms with E-state index in [1.165, 1.54) is 18.4 Å². The molecule has 52 valence electrons. The first kappa shape index (κ1) is 6.58. The molecule has 0 amide bonds. The van der Waals surface area contributed by atoms with Gasteiger partial charge in [0.05, 0.1) is 6.08 Å². The summed E-state index contributed by atoms with van der Waals surface area (Å²) in [5.74, 6) is -1.40. The van der Waals surface area contributed by atoms with Gasteiger partial charge in [-0.25, -0.2) is 5.73 Å². The van der Waals surface area contributed by atoms with Crippen LogP contribution in [0.2, 0.25) is 0 Å². The van der Waals surface area contributed by atoms with Crippen LogP contribution in [0.25, 0.3) is 4.98 Å². The first-order valence-electron chi connectivity index (χ1n) is 2.67. The minimum absolute atomic E-state index is 0.0287. The Morgan fingerprint density at radius 1 is 1.80 bits per heavy atom. The van der Waals surface area contributed by atoms with E-state index in [0.29, 0.717) is 0 Å². The number of diazo groups is 1. The highest BCUT2D eigenvalue weighted by Gasteiger charge is 2.37. The van der Waals surface area contributed by atoms with Crippen LogP contribution in [-0.4, -0.2) is 10.9 Å². The lowest BCUT2D eigenvalue weighted by molar-refractivity contribution is 0.408. The summed E-state index contributed by atoms with van der Waals surface area (Å²) in [5, 5.41) is 19.7. The molecular weight excluding hydrogens is 132 g/mol. The van der Waals surface area contributed by atoms with Crippen molar-refractivity contribution in [2.75, 3.05) is 0 Å². The van der Waals surface area contributed by atoms with Gasteiger partial charge in [0.2, 0.25) is 5.39 Å². The molecule has 1 unspecified atom stereocenters. The maximum atomic E-state index is 8.86. The van der Waals surface area contributed by atoms with E-state index in [0.717, 1.165) is 0 Å². The number of allylic oxidation sites excluding steroid dienone is 1. The Hall–Kier alpha value is -1.54. The molecule has 1 aliphatic heterocycles. The zero-order chi connectivity index (χ0) is 7.61. The van der Waals surface area contributed by atoms with Crippen molar-refractivity contribution < 1.29 is 5.11 Å². The lowest BCUT2D eigenvalue weighted by Gasteiger charge is -2.08. The van der Waals surface area contributed by atoms with Gasteiger partial charge >= 0.3 is 5.79 Å². The lowest BCUT2D eigenvalue weighted by Crippen LogP contribution is -2.47. The second-order valence-corrected chi connectivity index (χ2v) is 1.97. The Bertz CT molecular complexity index is 239. The molecule has 1 atom stereocenters. The summed E-state index contributed by atoms with van der Waals surface area (Å²) in [4.78, 5) is 2.81. The summed E-state index contributed by atoms with van der Waals surface area (Å²) in [6, 6.07) is 0. The first-order valence-corrected chi connectivity index (χ1v) is 2.67. The van der Waals surface area contributed by atoms with Crippen molar-refractivity contribution in [1.29, 1.82) is 5.39 Å². The maximum absolute atomic E-state index is 8.86. The van der Waals surface area contributed by atoms with Crippen LogP contribution in [0.1, 0.15) is 0 Å². The molecular formula is C5H7N4O+. The fourth-order valence-electron chi connectivity index (χ4n) is 0.634. The van der Waals surface area contributed by atoms with Crippen LogP contribution in [-0.2, 0) is 0 Å². The zero-order valence-electron chi connectivity index (χ0n) is 5.15. The van der Waals surface area contributed by atoms with Gasteiger partial charge in [-0.1, -0.05) is 0 Å². The largest absolute Gasteiger partial charge is 0.508 e. The fraction of sp³-hybridized carbons (Fsp3) is 0.200. The Balaban J connectivity index is 2.89. The van der Waals surface area contributed by atoms with Gasteiger partial charge in [0.1, 0.15) is 5.76 Å². The summed E-state index contributed by atoms with van der Waals surface area (Å²) < 4.78 is 0. The predicted octanol–water partition coefficient (Wildman–Crippen LogP) is 0.0108. The van der Waals surface area contributed by atoms with Crippen LogP contribution in [0.3, 0.4) is 0 Å². The van der Waals surface area contributed by atoms with Gasteiger partial charge in [-0.15, -0.1) is 0 Å². The van der Waals surface area contributed by atoms with Crippen LogP contribution in [0.4, 0.5) is 0 Å². The number of nitrogens with zero attached hydrogens (tertiary/aromatic N) is 2. The van der Waals surface area contributed by atoms with Gasteiger partial charge in [-0.2, -0.15) is 0 Å². The summed E-state index contributed by atoms with van der Waals surface area (Å²) in [7, 11) is 0. The van der Waals surface area contributed by atoms with Gasteiger partial charge in [-0.05, 0) is 6.08 Å². The minimum atomic E-state index is -1.38. The average Bonchev–Trinajstić information content (AvgIpc) is 1.88. The van der Waals surface area contributed by atoms with Gasteiger partial charge in [0, 0.05) is 6.20 Å². The number of hydrogen-bond donors (Lipinski definition) is 3. The molecule has 0 fully saturated rings. The van der Waals surface area contributed by atoms with Gasteiger partial charge < -0.3 is 5.11 Å². The Kier molecular flexibility index (Phi) is 1.32. The smallest absolute Gasteiger partial charge is 0.476 e. The number of hydrogen-bond acceptors (Lipinski definition) is 4. The highest BCUT2D eigenvalue weighted by molar-refractivity contribution is 5.24. The molecule has 5 nitrogen and oxygen atoms in total. The number of aliphatic hydroxyl groups is 1. The predicted molar refractivity (Wildman–Crippen MR) is 35.0 cm³/mol. The highest BCUT2D eigenvalue weighted by Crippen LogP contribution is 2.08. The topological polar surface area (TPSA) is 86.4 Å². The monoisotopic (exact) mass is 139 g/mol. The van der Waals surface area contributed by atoms with Crippen LogP contribution in [0, 0.1) is 5.39 Å². The number of nitrogens with one attached hydrogen (secondary N) is 1. The Labute approximate surface area is 57.5 Å². The summed E-state index contributed by atoms with van der Waals surface area (Å²) >= 11 is 0.